The maximum absolute atomic E-state index is 12.7. The number of ether oxygens (including phenoxy) is 1. The normalized spacial score (nSPS) is 15.7. The third-order valence-electron chi connectivity index (χ3n) is 3.92. The maximum atomic E-state index is 12.7. The van der Waals surface area contributed by atoms with Gasteiger partial charge in [0.2, 0.25) is 0 Å². The lowest BCUT2D eigenvalue weighted by molar-refractivity contribution is -0.138. The van der Waals surface area contributed by atoms with Crippen LogP contribution in [0.4, 0.5) is 0 Å². The highest BCUT2D eigenvalue weighted by Gasteiger charge is 2.30. The van der Waals surface area contributed by atoms with E-state index >= 15 is 0 Å². The van der Waals surface area contributed by atoms with Crippen molar-refractivity contribution in [3.63, 3.8) is 0 Å². The van der Waals surface area contributed by atoms with Gasteiger partial charge in [-0.2, -0.15) is 0 Å². The van der Waals surface area contributed by atoms with E-state index in [1.165, 1.54) is 4.90 Å². The van der Waals surface area contributed by atoms with Crippen molar-refractivity contribution in [1.82, 2.24) is 9.88 Å². The molecule has 0 atom stereocenters. The van der Waals surface area contributed by atoms with Crippen LogP contribution in [0.15, 0.2) is 22.6 Å². The summed E-state index contributed by atoms with van der Waals surface area (Å²) in [6.07, 6.45) is 1.24. The summed E-state index contributed by atoms with van der Waals surface area (Å²) < 4.78 is 10.8. The number of carboxylic acid groups (broad SMARTS) is 1. The Morgan fingerprint density at radius 1 is 1.35 bits per heavy atom. The fourth-order valence-corrected chi connectivity index (χ4v) is 2.78. The molecule has 0 aromatic carbocycles. The summed E-state index contributed by atoms with van der Waals surface area (Å²) in [6.45, 7) is 2.55. The molecule has 2 aromatic rings. The van der Waals surface area contributed by atoms with Crippen LogP contribution >= 0.6 is 0 Å². The number of aliphatic carboxylic acids is 1. The number of fused-ring (bicyclic) bond motifs is 1. The maximum Gasteiger partial charge on any atom is 0.323 e. The van der Waals surface area contributed by atoms with Crippen LogP contribution in [0.5, 0.6) is 0 Å². The number of carbonyl (C=O) groups is 2. The van der Waals surface area contributed by atoms with Crippen LogP contribution in [0.2, 0.25) is 0 Å². The number of carbonyl (C=O) groups excluding carboxylic acids is 1. The van der Waals surface area contributed by atoms with Gasteiger partial charge in [-0.15, -0.1) is 0 Å². The fourth-order valence-electron chi connectivity index (χ4n) is 2.78. The topological polar surface area (TPSA) is 92.9 Å². The Bertz CT molecular complexity index is 733. The highest BCUT2D eigenvalue weighted by atomic mass is 16.5. The predicted molar refractivity (Wildman–Crippen MR) is 81.3 cm³/mol. The highest BCUT2D eigenvalue weighted by Crippen LogP contribution is 2.22. The molecule has 1 aliphatic rings. The van der Waals surface area contributed by atoms with E-state index in [9.17, 15) is 9.59 Å². The molecule has 0 spiro atoms. The van der Waals surface area contributed by atoms with Gasteiger partial charge in [-0.25, -0.2) is 4.98 Å². The first-order valence-electron chi connectivity index (χ1n) is 7.52. The Balaban J connectivity index is 1.89. The number of carboxylic acids is 1. The lowest BCUT2D eigenvalue weighted by Gasteiger charge is -2.32. The summed E-state index contributed by atoms with van der Waals surface area (Å²) >= 11 is 0. The number of amides is 1. The molecule has 1 fully saturated rings. The van der Waals surface area contributed by atoms with Gasteiger partial charge in [0.25, 0.3) is 5.91 Å². The minimum Gasteiger partial charge on any atom is -0.480 e. The third-order valence-corrected chi connectivity index (χ3v) is 3.92. The Kier molecular flexibility index (Phi) is 4.29. The summed E-state index contributed by atoms with van der Waals surface area (Å²) in [5.74, 6) is -1.35. The second-order valence-electron chi connectivity index (χ2n) is 5.62. The minimum atomic E-state index is -1.05. The number of hydrogen-bond acceptors (Lipinski definition) is 5. The van der Waals surface area contributed by atoms with E-state index in [1.807, 2.05) is 6.92 Å². The van der Waals surface area contributed by atoms with Gasteiger partial charge in [-0.1, -0.05) is 0 Å². The first-order chi connectivity index (χ1) is 11.0. The van der Waals surface area contributed by atoms with Gasteiger partial charge in [-0.3, -0.25) is 9.59 Å². The van der Waals surface area contributed by atoms with Crippen LogP contribution in [0.3, 0.4) is 0 Å². The Labute approximate surface area is 132 Å². The summed E-state index contributed by atoms with van der Waals surface area (Å²) in [7, 11) is 0. The standard InChI is InChI=1S/C16H18N2O5/c1-10-2-3-13-12(17-10)8-14(23-13)16(21)18(9-15(19)20)11-4-6-22-7-5-11/h2-3,8,11H,4-7,9H2,1H3,(H,19,20). The van der Waals surface area contributed by atoms with Gasteiger partial charge < -0.3 is 19.2 Å². The van der Waals surface area contributed by atoms with Gasteiger partial charge in [0.15, 0.2) is 11.3 Å². The number of furan rings is 1. The number of aromatic nitrogens is 1. The molecule has 1 amide bonds. The van der Waals surface area contributed by atoms with Crippen molar-refractivity contribution in [2.24, 2.45) is 0 Å². The van der Waals surface area contributed by atoms with Crippen molar-refractivity contribution in [3.8, 4) is 0 Å². The number of pyridine rings is 1. The van der Waals surface area contributed by atoms with E-state index in [1.54, 1.807) is 18.2 Å². The SMILES string of the molecule is Cc1ccc2oc(C(=O)N(CC(=O)O)C3CCOCC3)cc2n1. The second kappa shape index (κ2) is 6.37. The van der Waals surface area contributed by atoms with Crippen molar-refractivity contribution < 1.29 is 23.8 Å². The largest absolute Gasteiger partial charge is 0.480 e. The molecule has 2 aromatic heterocycles. The molecule has 0 aliphatic carbocycles. The van der Waals surface area contributed by atoms with Crippen LogP contribution in [-0.2, 0) is 9.53 Å². The number of nitrogens with zero attached hydrogens (tertiary/aromatic N) is 2. The van der Waals surface area contributed by atoms with Gasteiger partial charge in [0.05, 0.1) is 0 Å². The van der Waals surface area contributed by atoms with Gasteiger partial charge >= 0.3 is 5.97 Å². The molecule has 0 radical (unpaired) electrons. The molecule has 122 valence electrons. The molecule has 3 rings (SSSR count). The van der Waals surface area contributed by atoms with E-state index in [-0.39, 0.29) is 18.3 Å². The zero-order chi connectivity index (χ0) is 16.4. The van der Waals surface area contributed by atoms with Gasteiger partial charge in [0, 0.05) is 31.0 Å². The zero-order valence-electron chi connectivity index (χ0n) is 12.8. The first kappa shape index (κ1) is 15.5. The van der Waals surface area contributed by atoms with Crippen LogP contribution in [0.1, 0.15) is 29.1 Å². The molecule has 3 heterocycles. The molecule has 1 saturated heterocycles. The molecule has 7 nitrogen and oxygen atoms in total. The van der Waals surface area contributed by atoms with E-state index in [2.05, 4.69) is 4.98 Å². The van der Waals surface area contributed by atoms with E-state index in [0.717, 1.165) is 5.69 Å². The number of aryl methyl sites for hydroxylation is 1. The van der Waals surface area contributed by atoms with Crippen LogP contribution in [0.25, 0.3) is 11.1 Å². The minimum absolute atomic E-state index is 0.117. The van der Waals surface area contributed by atoms with E-state index in [4.69, 9.17) is 14.3 Å². The molecule has 23 heavy (non-hydrogen) atoms. The monoisotopic (exact) mass is 318 g/mol. The predicted octanol–water partition coefficient (Wildman–Crippen LogP) is 1.84. The quantitative estimate of drug-likeness (QED) is 0.924. The number of rotatable bonds is 4. The molecular formula is C16H18N2O5. The van der Waals surface area contributed by atoms with Crippen molar-refractivity contribution in [2.45, 2.75) is 25.8 Å². The van der Waals surface area contributed by atoms with E-state index < -0.39 is 11.9 Å². The Hall–Kier alpha value is -2.41. The Morgan fingerprint density at radius 2 is 2.09 bits per heavy atom. The third kappa shape index (κ3) is 3.34. The highest BCUT2D eigenvalue weighted by molar-refractivity contribution is 5.96. The van der Waals surface area contributed by atoms with Crippen molar-refractivity contribution in [2.75, 3.05) is 19.8 Å². The van der Waals surface area contributed by atoms with Crippen molar-refractivity contribution >= 4 is 23.0 Å². The van der Waals surface area contributed by atoms with Gasteiger partial charge in [-0.05, 0) is 31.9 Å². The average Bonchev–Trinajstić information content (AvgIpc) is 2.95. The van der Waals surface area contributed by atoms with Crippen LogP contribution in [0, 0.1) is 6.92 Å². The van der Waals surface area contributed by atoms with Crippen LogP contribution in [-0.4, -0.2) is 52.7 Å². The molecule has 1 aliphatic heterocycles. The summed E-state index contributed by atoms with van der Waals surface area (Å²) in [4.78, 5) is 29.5. The lowest BCUT2D eigenvalue weighted by Crippen LogP contribution is -2.45. The van der Waals surface area contributed by atoms with E-state index in [0.29, 0.717) is 37.2 Å². The van der Waals surface area contributed by atoms with Crippen molar-refractivity contribution in [3.05, 3.63) is 29.7 Å². The number of hydrogen-bond donors (Lipinski definition) is 1. The molecule has 0 bridgehead atoms. The summed E-state index contributed by atoms with van der Waals surface area (Å²) in [5, 5.41) is 9.12. The summed E-state index contributed by atoms with van der Waals surface area (Å²) in [5.41, 5.74) is 1.93. The average molecular weight is 318 g/mol. The van der Waals surface area contributed by atoms with Crippen molar-refractivity contribution in [1.29, 1.82) is 0 Å². The van der Waals surface area contributed by atoms with Crippen LogP contribution < -0.4 is 0 Å². The Morgan fingerprint density at radius 3 is 2.78 bits per heavy atom. The lowest BCUT2D eigenvalue weighted by atomic mass is 10.1. The second-order valence-corrected chi connectivity index (χ2v) is 5.62. The molecule has 7 heteroatoms. The molecule has 0 saturated carbocycles. The fraction of sp³-hybridized carbons (Fsp3) is 0.438. The van der Waals surface area contributed by atoms with Gasteiger partial charge in [0.1, 0.15) is 12.1 Å². The first-order valence-corrected chi connectivity index (χ1v) is 7.52. The smallest absolute Gasteiger partial charge is 0.323 e. The molecule has 0 unspecified atom stereocenters. The molecule has 1 N–H and O–H groups in total. The molecular weight excluding hydrogens is 300 g/mol. The zero-order valence-corrected chi connectivity index (χ0v) is 12.8. The summed E-state index contributed by atoms with van der Waals surface area (Å²) in [6, 6.07) is 4.96.